The highest BCUT2D eigenvalue weighted by molar-refractivity contribution is 7.03. The predicted octanol–water partition coefficient (Wildman–Crippen LogP) is 12.2. The maximum atomic E-state index is 6.21. The van der Waals surface area contributed by atoms with Crippen molar-refractivity contribution in [3.05, 3.63) is 206 Å². The molecule has 2 nitrogen and oxygen atoms in total. The summed E-state index contributed by atoms with van der Waals surface area (Å²) < 4.78 is 12.4. The van der Waals surface area contributed by atoms with Crippen LogP contribution in [0.15, 0.2) is 206 Å². The van der Waals surface area contributed by atoms with Crippen LogP contribution in [0.3, 0.4) is 0 Å². The Bertz CT molecular complexity index is 3990. The minimum Gasteiger partial charge on any atom is -0.497 e. The van der Waals surface area contributed by atoms with E-state index in [9.17, 15) is 0 Å². The average Bonchev–Trinajstić information content (AvgIpc) is 3.95. The van der Waals surface area contributed by atoms with E-state index in [0.29, 0.717) is 0 Å². The molecule has 0 saturated carbocycles. The second-order valence-electron chi connectivity index (χ2n) is 19.6. The highest BCUT2D eigenvalue weighted by atomic mass is 16.5. The van der Waals surface area contributed by atoms with Crippen LogP contribution in [0.5, 0.6) is 11.5 Å². The molecule has 0 aromatic heterocycles. The maximum absolute atomic E-state index is 6.21. The summed E-state index contributed by atoms with van der Waals surface area (Å²) in [6, 6.07) is 77.7. The Morgan fingerprint density at radius 2 is 0.600 bits per heavy atom. The molecule has 4 aliphatic rings. The maximum Gasteiger partial charge on any atom is 0.244 e. The van der Waals surface area contributed by atoms with Gasteiger partial charge in [-0.15, -0.1) is 0 Å². The first-order valence-electron chi connectivity index (χ1n) is 24.5. The molecule has 4 heterocycles. The summed E-state index contributed by atoms with van der Waals surface area (Å²) >= 11 is 0. The van der Waals surface area contributed by atoms with Gasteiger partial charge in [-0.25, -0.2) is 0 Å². The summed E-state index contributed by atoms with van der Waals surface area (Å²) in [5, 5.41) is 7.92. The van der Waals surface area contributed by atoms with Gasteiger partial charge in [-0.1, -0.05) is 203 Å². The summed E-state index contributed by atoms with van der Waals surface area (Å²) in [5.41, 5.74) is 28.1. The third kappa shape index (κ3) is 4.90. The van der Waals surface area contributed by atoms with Crippen molar-refractivity contribution in [3.8, 4) is 101 Å². The van der Waals surface area contributed by atoms with Crippen LogP contribution in [-0.4, -0.2) is 27.6 Å². The molecule has 0 spiro atoms. The molecule has 70 heavy (non-hydrogen) atoms. The van der Waals surface area contributed by atoms with Crippen molar-refractivity contribution in [1.82, 2.24) is 0 Å². The molecule has 0 aliphatic carbocycles. The number of rotatable bonds is 6. The molecule has 0 amide bonds. The number of methoxy groups -OCH3 is 2. The Balaban J connectivity index is 1.16. The normalized spacial score (nSPS) is 12.9. The fraction of sp³-hybridized carbons (Fsp3) is 0.0303. The Morgan fingerprint density at radius 1 is 0.257 bits per heavy atom. The monoisotopic (exact) mass is 886 g/mol. The zero-order valence-corrected chi connectivity index (χ0v) is 38.6. The molecular weight excluding hydrogens is 846 g/mol. The molecule has 322 valence electrons. The van der Waals surface area contributed by atoms with E-state index in [1.165, 1.54) is 154 Å². The summed E-state index contributed by atoms with van der Waals surface area (Å²) in [6.45, 7) is 0.0967. The molecule has 12 aromatic rings. The van der Waals surface area contributed by atoms with E-state index < -0.39 is 0 Å². The summed E-state index contributed by atoms with van der Waals surface area (Å²) in [4.78, 5) is 0. The number of fused-ring (bicyclic) bond motifs is 10. The van der Waals surface area contributed by atoms with Gasteiger partial charge in [-0.2, -0.15) is 0 Å². The van der Waals surface area contributed by atoms with E-state index in [4.69, 9.17) is 9.47 Å². The first-order valence-corrected chi connectivity index (χ1v) is 24.5. The van der Waals surface area contributed by atoms with Crippen LogP contribution in [0, 0.1) is 0 Å². The fourth-order valence-electron chi connectivity index (χ4n) is 13.7. The van der Waals surface area contributed by atoms with E-state index in [1.54, 1.807) is 0 Å². The van der Waals surface area contributed by atoms with Crippen molar-refractivity contribution >= 4 is 78.5 Å². The van der Waals surface area contributed by atoms with E-state index in [-0.39, 0.29) is 13.4 Å². The van der Waals surface area contributed by atoms with Crippen molar-refractivity contribution < 1.29 is 9.47 Å². The zero-order valence-electron chi connectivity index (χ0n) is 38.6. The van der Waals surface area contributed by atoms with Crippen molar-refractivity contribution in [3.63, 3.8) is 0 Å². The molecule has 12 aromatic carbocycles. The van der Waals surface area contributed by atoms with Gasteiger partial charge in [0.1, 0.15) is 11.5 Å². The van der Waals surface area contributed by atoms with Crippen LogP contribution in [0.4, 0.5) is 0 Å². The van der Waals surface area contributed by atoms with Gasteiger partial charge in [0, 0.05) is 0 Å². The topological polar surface area (TPSA) is 18.5 Å². The van der Waals surface area contributed by atoms with Crippen molar-refractivity contribution in [2.24, 2.45) is 0 Å². The molecule has 16 rings (SSSR count). The highest BCUT2D eigenvalue weighted by Gasteiger charge is 2.45. The minimum atomic E-state index is 0.0483. The lowest BCUT2D eigenvalue weighted by Crippen LogP contribution is -2.52. The first-order chi connectivity index (χ1) is 34.7. The van der Waals surface area contributed by atoms with E-state index in [0.717, 1.165) is 11.5 Å². The van der Waals surface area contributed by atoms with E-state index >= 15 is 0 Å². The average molecular weight is 887 g/mol. The largest absolute Gasteiger partial charge is 0.497 e. The summed E-state index contributed by atoms with van der Waals surface area (Å²) in [6.07, 6.45) is 0. The van der Waals surface area contributed by atoms with Crippen LogP contribution in [-0.2, 0) is 0 Å². The Kier molecular flexibility index (Phi) is 7.68. The third-order valence-electron chi connectivity index (χ3n) is 16.4. The minimum absolute atomic E-state index is 0.0483. The number of hydrogen-bond donors (Lipinski definition) is 0. The van der Waals surface area contributed by atoms with Crippen LogP contribution >= 0.6 is 0 Å². The standard InChI is InChI=1S/C66H40B2O2/c1-69-39-29-53-45-25-13-15-27-57(45)67-59-35-52-48(44-24-12-10-22-42(44)38-19-7-4-8-20-38)34-50-56-32-40(70-2)30-54-46-26-14-16-28-58(46)68(66(54)56)60-36-51-47(43-23-11-9-21-41(43)37-17-5-3-6-18-37)33-49(55(31-39)65(53)67)61(59)63(51)64(52)62(50)60/h3-36H,1-2H3. The first kappa shape index (κ1) is 38.4. The lowest BCUT2D eigenvalue weighted by atomic mass is 9.34. The van der Waals surface area contributed by atoms with Gasteiger partial charge in [-0.3, -0.25) is 0 Å². The highest BCUT2D eigenvalue weighted by Crippen LogP contribution is 2.53. The second-order valence-corrected chi connectivity index (χ2v) is 19.6. The molecule has 0 unspecified atom stereocenters. The van der Waals surface area contributed by atoms with Crippen molar-refractivity contribution in [1.29, 1.82) is 0 Å². The number of hydrogen-bond acceptors (Lipinski definition) is 2. The van der Waals surface area contributed by atoms with Gasteiger partial charge in [0.15, 0.2) is 0 Å². The van der Waals surface area contributed by atoms with E-state index in [2.05, 4.69) is 206 Å². The van der Waals surface area contributed by atoms with Crippen molar-refractivity contribution in [2.45, 2.75) is 0 Å². The smallest absolute Gasteiger partial charge is 0.244 e. The van der Waals surface area contributed by atoms with Crippen LogP contribution in [0.25, 0.3) is 121 Å². The molecular formula is C66H40B2O2. The molecule has 4 heteroatoms. The molecule has 0 N–H and O–H groups in total. The SMILES string of the molecule is COc1cc2c3c(c1)-c1cc(-c4ccccc4-c4ccccc4)c4cc5c6c(cc(-c7ccccc7-c7ccccc7)c7cc(c1c4c76)B3c1ccccc1-2)-c1cc(OC)cc2c1B5c1ccccc1-2. The molecule has 0 radical (unpaired) electrons. The lowest BCUT2D eigenvalue weighted by molar-refractivity contribution is 0.415. The zero-order chi connectivity index (χ0) is 45.9. The Hall–Kier alpha value is -8.59. The van der Waals surface area contributed by atoms with Crippen LogP contribution in [0.1, 0.15) is 0 Å². The molecule has 0 bridgehead atoms. The molecule has 0 saturated heterocycles. The van der Waals surface area contributed by atoms with Gasteiger partial charge in [0.2, 0.25) is 13.4 Å². The van der Waals surface area contributed by atoms with Gasteiger partial charge < -0.3 is 9.47 Å². The second kappa shape index (κ2) is 14.0. The van der Waals surface area contributed by atoms with Gasteiger partial charge in [0.05, 0.1) is 14.2 Å². The number of benzene rings is 12. The number of ether oxygens (including phenoxy) is 2. The van der Waals surface area contributed by atoms with Crippen LogP contribution in [0.2, 0.25) is 0 Å². The molecule has 0 fully saturated rings. The van der Waals surface area contributed by atoms with Crippen molar-refractivity contribution in [2.75, 3.05) is 14.2 Å². The predicted molar refractivity (Wildman–Crippen MR) is 296 cm³/mol. The Morgan fingerprint density at radius 3 is 1.00 bits per heavy atom. The third-order valence-corrected chi connectivity index (χ3v) is 16.4. The van der Waals surface area contributed by atoms with E-state index in [1.807, 2.05) is 14.2 Å². The van der Waals surface area contributed by atoms with Crippen LogP contribution < -0.4 is 42.3 Å². The molecule has 0 atom stereocenters. The molecule has 4 aliphatic heterocycles. The summed E-state index contributed by atoms with van der Waals surface area (Å²) in [5.74, 6) is 1.76. The van der Waals surface area contributed by atoms with Gasteiger partial charge >= 0.3 is 0 Å². The van der Waals surface area contributed by atoms with Gasteiger partial charge in [-0.05, 0) is 158 Å². The summed E-state index contributed by atoms with van der Waals surface area (Å²) in [7, 11) is 3.62. The van der Waals surface area contributed by atoms with Gasteiger partial charge in [0.25, 0.3) is 0 Å². The Labute approximate surface area is 406 Å². The quantitative estimate of drug-likeness (QED) is 0.122. The fourth-order valence-corrected chi connectivity index (χ4v) is 13.7. The lowest BCUT2D eigenvalue weighted by Gasteiger charge is -2.33.